The third-order valence-electron chi connectivity index (χ3n) is 2.59. The predicted octanol–water partition coefficient (Wildman–Crippen LogP) is 0.783. The molecule has 2 heterocycles. The Hall–Kier alpha value is -0.120. The minimum Gasteiger partial charge on any atom is -0.381 e. The molecule has 2 aliphatic rings. The molecule has 2 saturated heterocycles. The Morgan fingerprint density at radius 2 is 2.27 bits per heavy atom. The van der Waals surface area contributed by atoms with E-state index in [0.29, 0.717) is 12.0 Å². The maximum Gasteiger partial charge on any atom is 0.163 e. The molecule has 0 aromatic carbocycles. The van der Waals surface area contributed by atoms with Crippen molar-refractivity contribution in [1.29, 1.82) is 0 Å². The van der Waals surface area contributed by atoms with Crippen molar-refractivity contribution in [1.82, 2.24) is 0 Å². The lowest BCUT2D eigenvalue weighted by Gasteiger charge is -2.31. The molecule has 4 atom stereocenters. The van der Waals surface area contributed by atoms with Crippen LogP contribution in [0.25, 0.3) is 0 Å². The summed E-state index contributed by atoms with van der Waals surface area (Å²) < 4.78 is 16.3. The van der Waals surface area contributed by atoms with Gasteiger partial charge in [-0.05, 0) is 0 Å². The Morgan fingerprint density at radius 3 is 3.00 bits per heavy atom. The Morgan fingerprint density at radius 1 is 1.45 bits per heavy atom. The first-order valence-electron chi connectivity index (χ1n) is 4.11. The van der Waals surface area contributed by atoms with E-state index in [9.17, 15) is 0 Å². The lowest BCUT2D eigenvalue weighted by molar-refractivity contribution is -0.161. The summed E-state index contributed by atoms with van der Waals surface area (Å²) in [6, 6.07) is 0. The largest absolute Gasteiger partial charge is 0.381 e. The van der Waals surface area contributed by atoms with Gasteiger partial charge in [-0.25, -0.2) is 0 Å². The third-order valence-corrected chi connectivity index (χ3v) is 2.59. The fraction of sp³-hybridized carbons (Fsp3) is 1.00. The molecule has 11 heavy (non-hydrogen) atoms. The first-order valence-corrected chi connectivity index (χ1v) is 4.11. The van der Waals surface area contributed by atoms with Crippen molar-refractivity contribution < 1.29 is 14.2 Å². The highest BCUT2D eigenvalue weighted by molar-refractivity contribution is 4.83. The summed E-state index contributed by atoms with van der Waals surface area (Å²) in [6.07, 6.45) is 1.56. The molecule has 0 radical (unpaired) electrons. The molecule has 2 rings (SSSR count). The zero-order chi connectivity index (χ0) is 7.84. The maximum absolute atomic E-state index is 5.54. The molecule has 0 saturated carbocycles. The summed E-state index contributed by atoms with van der Waals surface area (Å²) in [5.41, 5.74) is 0. The van der Waals surface area contributed by atoms with Crippen molar-refractivity contribution >= 4 is 0 Å². The minimum absolute atomic E-state index is 0.0151. The predicted molar refractivity (Wildman–Crippen MR) is 39.2 cm³/mol. The molecule has 0 aromatic heterocycles. The first-order chi connectivity index (χ1) is 5.31. The van der Waals surface area contributed by atoms with Gasteiger partial charge in [0.2, 0.25) is 0 Å². The Balaban J connectivity index is 2.05. The highest BCUT2D eigenvalue weighted by Crippen LogP contribution is 2.32. The van der Waals surface area contributed by atoms with Crippen molar-refractivity contribution in [2.45, 2.75) is 31.8 Å². The van der Waals surface area contributed by atoms with Crippen LogP contribution in [0, 0.1) is 5.92 Å². The molecular weight excluding hydrogens is 144 g/mol. The zero-order valence-electron chi connectivity index (χ0n) is 6.95. The first kappa shape index (κ1) is 7.53. The van der Waals surface area contributed by atoms with E-state index in [1.54, 1.807) is 7.11 Å². The molecule has 3 heteroatoms. The van der Waals surface area contributed by atoms with Gasteiger partial charge in [-0.1, -0.05) is 6.92 Å². The van der Waals surface area contributed by atoms with Gasteiger partial charge in [-0.3, -0.25) is 0 Å². The van der Waals surface area contributed by atoms with Crippen molar-refractivity contribution in [3.05, 3.63) is 0 Å². The fourth-order valence-corrected chi connectivity index (χ4v) is 1.83. The monoisotopic (exact) mass is 158 g/mol. The van der Waals surface area contributed by atoms with Crippen LogP contribution in [0.1, 0.15) is 13.3 Å². The second-order valence-corrected chi connectivity index (χ2v) is 3.33. The second kappa shape index (κ2) is 2.73. The normalized spacial score (nSPS) is 49.6. The number of hydrogen-bond donors (Lipinski definition) is 0. The molecule has 0 aliphatic carbocycles. The molecule has 0 N–H and O–H groups in total. The van der Waals surface area contributed by atoms with Crippen molar-refractivity contribution in [2.24, 2.45) is 5.92 Å². The lowest BCUT2D eigenvalue weighted by Crippen LogP contribution is -2.38. The summed E-state index contributed by atoms with van der Waals surface area (Å²) in [7, 11) is 1.76. The van der Waals surface area contributed by atoms with Gasteiger partial charge in [-0.2, -0.15) is 0 Å². The fourth-order valence-electron chi connectivity index (χ4n) is 1.83. The topological polar surface area (TPSA) is 27.7 Å². The highest BCUT2D eigenvalue weighted by Gasteiger charge is 2.41. The van der Waals surface area contributed by atoms with E-state index in [2.05, 4.69) is 6.92 Å². The van der Waals surface area contributed by atoms with Crippen molar-refractivity contribution in [2.75, 3.05) is 13.7 Å². The molecule has 64 valence electrons. The van der Waals surface area contributed by atoms with Crippen LogP contribution in [-0.2, 0) is 14.2 Å². The molecule has 2 aliphatic heterocycles. The molecule has 0 spiro atoms. The van der Waals surface area contributed by atoms with Gasteiger partial charge >= 0.3 is 0 Å². The van der Waals surface area contributed by atoms with E-state index >= 15 is 0 Å². The smallest absolute Gasteiger partial charge is 0.163 e. The number of methoxy groups -OCH3 is 1. The van der Waals surface area contributed by atoms with Crippen LogP contribution in [0.4, 0.5) is 0 Å². The maximum atomic E-state index is 5.54. The average Bonchev–Trinajstić information content (AvgIpc) is 2.42. The number of fused-ring (bicyclic) bond motifs is 2. The Bertz CT molecular complexity index is 148. The molecule has 2 unspecified atom stereocenters. The lowest BCUT2D eigenvalue weighted by atomic mass is 9.97. The SMILES string of the molecule is CO[C@@H]1CC2CO[C@H](O2)C1C. The minimum atomic E-state index is -0.0151. The van der Waals surface area contributed by atoms with E-state index in [4.69, 9.17) is 14.2 Å². The summed E-state index contributed by atoms with van der Waals surface area (Å²) in [6.45, 7) is 2.86. The van der Waals surface area contributed by atoms with Gasteiger partial charge in [0.15, 0.2) is 6.29 Å². The number of rotatable bonds is 1. The zero-order valence-corrected chi connectivity index (χ0v) is 6.95. The van der Waals surface area contributed by atoms with E-state index in [-0.39, 0.29) is 12.4 Å². The van der Waals surface area contributed by atoms with Crippen LogP contribution in [0.2, 0.25) is 0 Å². The van der Waals surface area contributed by atoms with Crippen molar-refractivity contribution in [3.63, 3.8) is 0 Å². The number of hydrogen-bond acceptors (Lipinski definition) is 3. The molecule has 2 fully saturated rings. The average molecular weight is 158 g/mol. The van der Waals surface area contributed by atoms with E-state index in [1.807, 2.05) is 0 Å². The van der Waals surface area contributed by atoms with Gasteiger partial charge in [0, 0.05) is 19.4 Å². The van der Waals surface area contributed by atoms with Gasteiger partial charge in [-0.15, -0.1) is 0 Å². The molecule has 0 aromatic rings. The van der Waals surface area contributed by atoms with Crippen LogP contribution in [-0.4, -0.2) is 32.2 Å². The van der Waals surface area contributed by atoms with Gasteiger partial charge in [0.1, 0.15) is 0 Å². The van der Waals surface area contributed by atoms with Crippen LogP contribution >= 0.6 is 0 Å². The van der Waals surface area contributed by atoms with Crippen LogP contribution in [0.5, 0.6) is 0 Å². The Labute approximate surface area is 66.6 Å². The van der Waals surface area contributed by atoms with Gasteiger partial charge in [0.25, 0.3) is 0 Å². The second-order valence-electron chi connectivity index (χ2n) is 3.33. The molecule has 2 bridgehead atoms. The van der Waals surface area contributed by atoms with E-state index in [0.717, 1.165) is 13.0 Å². The summed E-state index contributed by atoms with van der Waals surface area (Å²) >= 11 is 0. The third kappa shape index (κ3) is 1.17. The summed E-state index contributed by atoms with van der Waals surface area (Å²) in [4.78, 5) is 0. The number of ether oxygens (including phenoxy) is 3. The molecule has 3 nitrogen and oxygen atoms in total. The van der Waals surface area contributed by atoms with Crippen LogP contribution in [0.3, 0.4) is 0 Å². The standard InChI is InChI=1S/C8H14O3/c1-5-7(9-2)3-6-4-10-8(5)11-6/h5-8H,3-4H2,1-2H3/t5?,6?,7-,8-/m1/s1. The van der Waals surface area contributed by atoms with Crippen molar-refractivity contribution in [3.8, 4) is 0 Å². The quantitative estimate of drug-likeness (QED) is 0.564. The van der Waals surface area contributed by atoms with Crippen LogP contribution < -0.4 is 0 Å². The highest BCUT2D eigenvalue weighted by atomic mass is 16.7. The Kier molecular flexibility index (Phi) is 1.87. The van der Waals surface area contributed by atoms with E-state index in [1.165, 1.54) is 0 Å². The summed E-state index contributed by atoms with van der Waals surface area (Å²) in [5.74, 6) is 0.374. The van der Waals surface area contributed by atoms with Gasteiger partial charge in [0.05, 0.1) is 18.8 Å². The molecular formula is C8H14O3. The summed E-state index contributed by atoms with van der Waals surface area (Å²) in [5, 5.41) is 0. The van der Waals surface area contributed by atoms with E-state index < -0.39 is 0 Å². The molecule has 0 amide bonds. The van der Waals surface area contributed by atoms with Gasteiger partial charge < -0.3 is 14.2 Å². The van der Waals surface area contributed by atoms with Crippen LogP contribution in [0.15, 0.2) is 0 Å².